The number of aromatic hydroxyl groups is 4. The van der Waals surface area contributed by atoms with Crippen molar-refractivity contribution in [2.45, 2.75) is 39.5 Å². The summed E-state index contributed by atoms with van der Waals surface area (Å²) in [5.41, 5.74) is 1.78. The fraction of sp³-hybridized carbons (Fsp3) is 0.440. The second-order valence-corrected chi connectivity index (χ2v) is 8.03. The third-order valence-electron chi connectivity index (χ3n) is 5.41. The Labute approximate surface area is 199 Å². The fourth-order valence-electron chi connectivity index (χ4n) is 3.88. The number of hydrogen-bond donors (Lipinski definition) is 5. The number of phenols is 4. The molecule has 1 aliphatic heterocycles. The van der Waals surface area contributed by atoms with Crippen LogP contribution >= 0.6 is 0 Å². The molecule has 0 bridgehead atoms. The van der Waals surface area contributed by atoms with E-state index in [2.05, 4.69) is 10.1 Å². The zero-order valence-corrected chi connectivity index (χ0v) is 19.9. The number of hydrogen-bond acceptors (Lipinski definition) is 8. The molecule has 1 amide bonds. The molecule has 2 aromatic carbocycles. The predicted octanol–water partition coefficient (Wildman–Crippen LogP) is 2.93. The van der Waals surface area contributed by atoms with Crippen molar-refractivity contribution in [1.82, 2.24) is 10.2 Å². The van der Waals surface area contributed by atoms with Crippen molar-refractivity contribution >= 4 is 11.9 Å². The lowest BCUT2D eigenvalue weighted by molar-refractivity contribution is 0.0595. The second kappa shape index (κ2) is 12.7. The van der Waals surface area contributed by atoms with Crippen LogP contribution in [0, 0.1) is 0 Å². The molecule has 0 unspecified atom stereocenters. The quantitative estimate of drug-likeness (QED) is 0.403. The lowest BCUT2D eigenvalue weighted by Gasteiger charge is -2.28. The van der Waals surface area contributed by atoms with Gasteiger partial charge in [0.05, 0.1) is 12.7 Å². The summed E-state index contributed by atoms with van der Waals surface area (Å²) >= 11 is 0. The molecule has 1 aliphatic rings. The summed E-state index contributed by atoms with van der Waals surface area (Å²) in [5, 5.41) is 41.5. The van der Waals surface area contributed by atoms with Gasteiger partial charge in [0.25, 0.3) is 5.91 Å². The van der Waals surface area contributed by atoms with Crippen LogP contribution in [0.3, 0.4) is 0 Å². The SMILES string of the molecule is CCCc1cc(O)cc(O)c1C(=O)N1CCNCC1.CCCc1cc(O)cc(O)c1C(=O)OC. The molecule has 5 N–H and O–H groups in total. The highest BCUT2D eigenvalue weighted by Crippen LogP contribution is 2.30. The Morgan fingerprint density at radius 2 is 1.32 bits per heavy atom. The molecule has 34 heavy (non-hydrogen) atoms. The fourth-order valence-corrected chi connectivity index (χ4v) is 3.88. The second-order valence-electron chi connectivity index (χ2n) is 8.03. The highest BCUT2D eigenvalue weighted by Gasteiger charge is 2.24. The van der Waals surface area contributed by atoms with E-state index in [9.17, 15) is 30.0 Å². The Morgan fingerprint density at radius 1 is 0.853 bits per heavy atom. The number of esters is 1. The molecule has 3 rings (SSSR count). The molecular formula is C25H34N2O7. The van der Waals surface area contributed by atoms with Gasteiger partial charge in [-0.3, -0.25) is 4.79 Å². The highest BCUT2D eigenvalue weighted by molar-refractivity contribution is 5.98. The number of nitrogens with zero attached hydrogens (tertiary/aromatic N) is 1. The normalized spacial score (nSPS) is 13.1. The first kappa shape index (κ1) is 26.8. The number of amides is 1. The van der Waals surface area contributed by atoms with E-state index in [0.29, 0.717) is 42.6 Å². The molecule has 0 spiro atoms. The van der Waals surface area contributed by atoms with Crippen LogP contribution in [0.4, 0.5) is 0 Å². The summed E-state index contributed by atoms with van der Waals surface area (Å²) in [7, 11) is 1.25. The number of aryl methyl sites for hydroxylation is 2. The number of rotatable bonds is 6. The van der Waals surface area contributed by atoms with Gasteiger partial charge in [-0.2, -0.15) is 0 Å². The van der Waals surface area contributed by atoms with E-state index < -0.39 is 5.97 Å². The molecule has 1 saturated heterocycles. The maximum Gasteiger partial charge on any atom is 0.341 e. The number of phenolic OH excluding ortho intramolecular Hbond substituents is 4. The number of carbonyl (C=O) groups is 2. The zero-order chi connectivity index (χ0) is 25.3. The first-order valence-electron chi connectivity index (χ1n) is 11.4. The van der Waals surface area contributed by atoms with Crippen LogP contribution in [0.25, 0.3) is 0 Å². The standard InChI is InChI=1S/C14H20N2O3.C11H14O4/c1-2-3-10-8-11(17)9-12(18)13(10)14(19)16-6-4-15-5-7-16;1-3-4-7-5-8(12)6-9(13)10(7)11(14)15-2/h8-9,15,17-18H,2-7H2,1H3;5-6,12-13H,3-4H2,1-2H3. The lowest BCUT2D eigenvalue weighted by Crippen LogP contribution is -2.46. The van der Waals surface area contributed by atoms with Crippen molar-refractivity contribution in [3.63, 3.8) is 0 Å². The summed E-state index contributed by atoms with van der Waals surface area (Å²) in [6.45, 7) is 6.78. The molecule has 9 nitrogen and oxygen atoms in total. The number of carbonyl (C=O) groups excluding carboxylic acids is 2. The summed E-state index contributed by atoms with van der Waals surface area (Å²) in [6, 6.07) is 5.40. The topological polar surface area (TPSA) is 140 Å². The average molecular weight is 475 g/mol. The summed E-state index contributed by atoms with van der Waals surface area (Å²) in [4.78, 5) is 25.6. The number of ether oxygens (including phenoxy) is 1. The Morgan fingerprint density at radius 3 is 1.79 bits per heavy atom. The molecule has 1 fully saturated rings. The van der Waals surface area contributed by atoms with Gasteiger partial charge in [-0.25, -0.2) is 4.79 Å². The van der Waals surface area contributed by atoms with Crippen LogP contribution < -0.4 is 5.32 Å². The average Bonchev–Trinajstić information content (AvgIpc) is 2.79. The van der Waals surface area contributed by atoms with E-state index >= 15 is 0 Å². The molecule has 186 valence electrons. The monoisotopic (exact) mass is 474 g/mol. The molecule has 2 aromatic rings. The van der Waals surface area contributed by atoms with Crippen molar-refractivity contribution in [3.05, 3.63) is 46.5 Å². The smallest absolute Gasteiger partial charge is 0.341 e. The van der Waals surface area contributed by atoms with Crippen molar-refractivity contribution < 1.29 is 34.8 Å². The zero-order valence-electron chi connectivity index (χ0n) is 19.9. The Balaban J connectivity index is 0.000000248. The van der Waals surface area contributed by atoms with Crippen molar-refractivity contribution in [3.8, 4) is 23.0 Å². The summed E-state index contributed by atoms with van der Waals surface area (Å²) < 4.78 is 4.56. The third-order valence-corrected chi connectivity index (χ3v) is 5.41. The Bertz CT molecular complexity index is 1000. The van der Waals surface area contributed by atoms with E-state index in [0.717, 1.165) is 32.0 Å². The molecule has 0 saturated carbocycles. The number of benzene rings is 2. The molecule has 9 heteroatoms. The van der Waals surface area contributed by atoms with Gasteiger partial charge in [0.2, 0.25) is 0 Å². The van der Waals surface area contributed by atoms with Crippen LogP contribution in [-0.2, 0) is 17.6 Å². The minimum atomic E-state index is -0.587. The molecule has 1 heterocycles. The van der Waals surface area contributed by atoms with Crippen molar-refractivity contribution in [1.29, 1.82) is 0 Å². The van der Waals surface area contributed by atoms with Crippen LogP contribution in [0.5, 0.6) is 23.0 Å². The molecule has 0 atom stereocenters. The number of nitrogens with one attached hydrogen (secondary N) is 1. The van der Waals surface area contributed by atoms with E-state index in [-0.39, 0.29) is 34.5 Å². The van der Waals surface area contributed by atoms with Gasteiger partial charge in [0.1, 0.15) is 28.6 Å². The highest BCUT2D eigenvalue weighted by atomic mass is 16.5. The van der Waals surface area contributed by atoms with Crippen LogP contribution in [0.2, 0.25) is 0 Å². The van der Waals surface area contributed by atoms with Gasteiger partial charge in [-0.15, -0.1) is 0 Å². The summed E-state index contributed by atoms with van der Waals surface area (Å²) in [5.74, 6) is -1.17. The minimum absolute atomic E-state index is 0.00203. The van der Waals surface area contributed by atoms with Gasteiger partial charge in [0, 0.05) is 38.3 Å². The van der Waals surface area contributed by atoms with E-state index in [4.69, 9.17) is 0 Å². The Hall–Kier alpha value is -3.46. The van der Waals surface area contributed by atoms with E-state index in [1.165, 1.54) is 19.2 Å². The molecule has 0 aromatic heterocycles. The number of piperazine rings is 1. The van der Waals surface area contributed by atoms with Gasteiger partial charge in [-0.05, 0) is 36.1 Å². The first-order chi connectivity index (χ1) is 16.2. The first-order valence-corrected chi connectivity index (χ1v) is 11.4. The molecule has 0 aliphatic carbocycles. The van der Waals surface area contributed by atoms with Gasteiger partial charge < -0.3 is 35.4 Å². The van der Waals surface area contributed by atoms with E-state index in [1.807, 2.05) is 13.8 Å². The lowest BCUT2D eigenvalue weighted by atomic mass is 10.00. The van der Waals surface area contributed by atoms with Crippen molar-refractivity contribution in [2.24, 2.45) is 0 Å². The summed E-state index contributed by atoms with van der Waals surface area (Å²) in [6.07, 6.45) is 2.93. The third kappa shape index (κ3) is 6.77. The Kier molecular flexibility index (Phi) is 10.0. The predicted molar refractivity (Wildman–Crippen MR) is 128 cm³/mol. The van der Waals surface area contributed by atoms with Gasteiger partial charge >= 0.3 is 5.97 Å². The van der Waals surface area contributed by atoms with Gasteiger partial charge in [-0.1, -0.05) is 26.7 Å². The van der Waals surface area contributed by atoms with Gasteiger partial charge in [0.15, 0.2) is 0 Å². The molecular weight excluding hydrogens is 440 g/mol. The maximum atomic E-state index is 12.5. The largest absolute Gasteiger partial charge is 0.508 e. The maximum absolute atomic E-state index is 12.5. The van der Waals surface area contributed by atoms with Crippen LogP contribution in [0.15, 0.2) is 24.3 Å². The van der Waals surface area contributed by atoms with Crippen LogP contribution in [-0.4, -0.2) is 70.5 Å². The van der Waals surface area contributed by atoms with Crippen molar-refractivity contribution in [2.75, 3.05) is 33.3 Å². The minimum Gasteiger partial charge on any atom is -0.508 e. The van der Waals surface area contributed by atoms with E-state index in [1.54, 1.807) is 11.0 Å². The number of methoxy groups -OCH3 is 1. The van der Waals surface area contributed by atoms with Crippen LogP contribution in [0.1, 0.15) is 58.5 Å². The molecule has 0 radical (unpaired) electrons.